The predicted octanol–water partition coefficient (Wildman–Crippen LogP) is 2.73. The number of hydrogen-bond donors (Lipinski definition) is 1. The van der Waals surface area contributed by atoms with Crippen LogP contribution in [-0.2, 0) is 17.6 Å². The van der Waals surface area contributed by atoms with Crippen molar-refractivity contribution < 1.29 is 4.79 Å². The van der Waals surface area contributed by atoms with Gasteiger partial charge in [0.1, 0.15) is 0 Å². The number of nitrogens with zero attached hydrogens (tertiary/aromatic N) is 4. The number of rotatable bonds is 7. The molecule has 0 atom stereocenters. The first-order valence-electron chi connectivity index (χ1n) is 8.48. The van der Waals surface area contributed by atoms with Crippen LogP contribution in [0.15, 0.2) is 67.0 Å². The van der Waals surface area contributed by atoms with Gasteiger partial charge in [0.15, 0.2) is 11.6 Å². The van der Waals surface area contributed by atoms with E-state index in [1.54, 1.807) is 18.5 Å². The Morgan fingerprint density at radius 1 is 0.962 bits per heavy atom. The molecule has 0 unspecified atom stereocenters. The van der Waals surface area contributed by atoms with Crippen LogP contribution in [-0.4, -0.2) is 34.7 Å². The number of carbonyl (C=O) groups is 1. The van der Waals surface area contributed by atoms with E-state index in [4.69, 9.17) is 0 Å². The summed E-state index contributed by atoms with van der Waals surface area (Å²) in [7, 11) is 1.97. The van der Waals surface area contributed by atoms with E-state index in [0.717, 1.165) is 24.3 Å². The Morgan fingerprint density at radius 3 is 2.42 bits per heavy atom. The number of carbonyl (C=O) groups excluding carboxylic acids is 1. The number of amides is 1. The Labute approximate surface area is 152 Å². The monoisotopic (exact) mass is 347 g/mol. The zero-order valence-corrected chi connectivity index (χ0v) is 14.7. The lowest BCUT2D eigenvalue weighted by atomic mass is 10.1. The fraction of sp³-hybridized carbons (Fsp3) is 0.200. The summed E-state index contributed by atoms with van der Waals surface area (Å²) in [6.45, 7) is 0.818. The van der Waals surface area contributed by atoms with Crippen molar-refractivity contribution in [2.45, 2.75) is 12.8 Å². The Kier molecular flexibility index (Phi) is 5.88. The van der Waals surface area contributed by atoms with E-state index in [-0.39, 0.29) is 5.91 Å². The van der Waals surface area contributed by atoms with Gasteiger partial charge in [0.2, 0.25) is 5.91 Å². The van der Waals surface area contributed by atoms with Crippen LogP contribution >= 0.6 is 0 Å². The van der Waals surface area contributed by atoms with Gasteiger partial charge >= 0.3 is 0 Å². The lowest BCUT2D eigenvalue weighted by Gasteiger charge is -2.17. The van der Waals surface area contributed by atoms with Crippen LogP contribution in [0.5, 0.6) is 0 Å². The van der Waals surface area contributed by atoms with Crippen LogP contribution in [0.25, 0.3) is 0 Å². The second kappa shape index (κ2) is 8.71. The van der Waals surface area contributed by atoms with Gasteiger partial charge in [0, 0.05) is 26.0 Å². The molecule has 132 valence electrons. The van der Waals surface area contributed by atoms with E-state index in [2.05, 4.69) is 20.5 Å². The third kappa shape index (κ3) is 5.11. The number of aromatic nitrogens is 3. The molecule has 0 radical (unpaired) electrons. The lowest BCUT2D eigenvalue weighted by molar-refractivity contribution is -0.115. The lowest BCUT2D eigenvalue weighted by Crippen LogP contribution is -2.22. The van der Waals surface area contributed by atoms with E-state index < -0.39 is 0 Å². The molecule has 0 spiro atoms. The smallest absolute Gasteiger partial charge is 0.229 e. The highest BCUT2D eigenvalue weighted by Crippen LogP contribution is 2.11. The number of likely N-dealkylation sites (N-methyl/N-ethyl adjacent to an activating group) is 1. The molecule has 26 heavy (non-hydrogen) atoms. The van der Waals surface area contributed by atoms with Crippen LogP contribution in [0, 0.1) is 0 Å². The zero-order chi connectivity index (χ0) is 18.2. The highest BCUT2D eigenvalue weighted by molar-refractivity contribution is 5.91. The molecule has 0 fully saturated rings. The maximum atomic E-state index is 12.1. The SMILES string of the molecule is CN(CCc1ccncc1)c1ccc(NC(=O)Cc2ccccc2)nn1. The summed E-state index contributed by atoms with van der Waals surface area (Å²) in [6.07, 6.45) is 4.80. The van der Waals surface area contributed by atoms with Crippen molar-refractivity contribution in [3.63, 3.8) is 0 Å². The normalized spacial score (nSPS) is 10.3. The van der Waals surface area contributed by atoms with Gasteiger partial charge < -0.3 is 10.2 Å². The minimum atomic E-state index is -0.107. The van der Waals surface area contributed by atoms with Crippen molar-refractivity contribution >= 4 is 17.5 Å². The highest BCUT2D eigenvalue weighted by Gasteiger charge is 2.07. The molecule has 1 amide bonds. The fourth-order valence-corrected chi connectivity index (χ4v) is 2.52. The third-order valence-corrected chi connectivity index (χ3v) is 4.00. The summed E-state index contributed by atoms with van der Waals surface area (Å²) in [5.74, 6) is 1.11. The number of nitrogens with one attached hydrogen (secondary N) is 1. The predicted molar refractivity (Wildman–Crippen MR) is 102 cm³/mol. The quantitative estimate of drug-likeness (QED) is 0.711. The molecule has 2 heterocycles. The first kappa shape index (κ1) is 17.5. The van der Waals surface area contributed by atoms with Gasteiger partial charge in [-0.05, 0) is 41.8 Å². The van der Waals surface area contributed by atoms with E-state index >= 15 is 0 Å². The maximum absolute atomic E-state index is 12.1. The maximum Gasteiger partial charge on any atom is 0.229 e. The van der Waals surface area contributed by atoms with Crippen LogP contribution in [0.4, 0.5) is 11.6 Å². The Hall–Kier alpha value is -3.28. The number of benzene rings is 1. The molecule has 0 bridgehead atoms. The third-order valence-electron chi connectivity index (χ3n) is 4.00. The molecule has 2 aromatic heterocycles. The molecular formula is C20H21N5O. The Balaban J connectivity index is 1.51. The van der Waals surface area contributed by atoms with Gasteiger partial charge in [0.05, 0.1) is 6.42 Å². The van der Waals surface area contributed by atoms with Crippen molar-refractivity contribution in [1.29, 1.82) is 0 Å². The van der Waals surface area contributed by atoms with E-state index in [1.807, 2.05) is 60.5 Å². The minimum Gasteiger partial charge on any atom is -0.358 e. The van der Waals surface area contributed by atoms with Crippen LogP contribution in [0.1, 0.15) is 11.1 Å². The largest absolute Gasteiger partial charge is 0.358 e. The molecule has 0 aliphatic rings. The molecular weight excluding hydrogens is 326 g/mol. The first-order chi connectivity index (χ1) is 12.7. The van der Waals surface area contributed by atoms with Gasteiger partial charge in [-0.15, -0.1) is 10.2 Å². The second-order valence-electron chi connectivity index (χ2n) is 6.01. The summed E-state index contributed by atoms with van der Waals surface area (Å²) in [6, 6.07) is 17.2. The number of hydrogen-bond acceptors (Lipinski definition) is 5. The average Bonchev–Trinajstić information content (AvgIpc) is 2.68. The Bertz CT molecular complexity index is 822. The van der Waals surface area contributed by atoms with Gasteiger partial charge in [-0.2, -0.15) is 0 Å². The van der Waals surface area contributed by atoms with Crippen LogP contribution in [0.3, 0.4) is 0 Å². The molecule has 6 nitrogen and oxygen atoms in total. The second-order valence-corrected chi connectivity index (χ2v) is 6.01. The van der Waals surface area contributed by atoms with Crippen molar-refractivity contribution in [3.05, 3.63) is 78.1 Å². The topological polar surface area (TPSA) is 71.0 Å². The summed E-state index contributed by atoms with van der Waals surface area (Å²) in [5.41, 5.74) is 2.19. The molecule has 0 aliphatic heterocycles. The highest BCUT2D eigenvalue weighted by atomic mass is 16.1. The number of pyridine rings is 1. The summed E-state index contributed by atoms with van der Waals surface area (Å²) in [4.78, 5) is 18.1. The zero-order valence-electron chi connectivity index (χ0n) is 14.7. The van der Waals surface area contributed by atoms with Crippen molar-refractivity contribution in [3.8, 4) is 0 Å². The minimum absolute atomic E-state index is 0.107. The van der Waals surface area contributed by atoms with Crippen molar-refractivity contribution in [2.24, 2.45) is 0 Å². The standard InChI is InChI=1S/C20H21N5O/c1-25(14-11-16-9-12-21-13-10-16)19-8-7-18(23-24-19)22-20(26)15-17-5-3-2-4-6-17/h2-10,12-13H,11,14-15H2,1H3,(H,22,23,26). The van der Waals surface area contributed by atoms with E-state index in [1.165, 1.54) is 5.56 Å². The Morgan fingerprint density at radius 2 is 1.73 bits per heavy atom. The molecule has 0 saturated heterocycles. The van der Waals surface area contributed by atoms with Gasteiger partial charge in [-0.3, -0.25) is 9.78 Å². The molecule has 0 saturated carbocycles. The fourth-order valence-electron chi connectivity index (χ4n) is 2.52. The van der Waals surface area contributed by atoms with Crippen molar-refractivity contribution in [2.75, 3.05) is 23.8 Å². The van der Waals surface area contributed by atoms with Crippen LogP contribution in [0.2, 0.25) is 0 Å². The van der Waals surface area contributed by atoms with Gasteiger partial charge in [0.25, 0.3) is 0 Å². The summed E-state index contributed by atoms with van der Waals surface area (Å²) in [5, 5.41) is 11.1. The molecule has 1 aromatic carbocycles. The van der Waals surface area contributed by atoms with E-state index in [9.17, 15) is 4.79 Å². The van der Waals surface area contributed by atoms with E-state index in [0.29, 0.717) is 12.2 Å². The molecule has 3 rings (SSSR count). The number of anilines is 2. The van der Waals surface area contributed by atoms with Gasteiger partial charge in [-0.25, -0.2) is 0 Å². The molecule has 1 N–H and O–H groups in total. The summed E-state index contributed by atoms with van der Waals surface area (Å²) < 4.78 is 0. The molecule has 6 heteroatoms. The molecule has 0 aliphatic carbocycles. The average molecular weight is 347 g/mol. The van der Waals surface area contributed by atoms with Crippen molar-refractivity contribution in [1.82, 2.24) is 15.2 Å². The van der Waals surface area contributed by atoms with Gasteiger partial charge in [-0.1, -0.05) is 30.3 Å². The molecule has 3 aromatic rings. The first-order valence-corrected chi connectivity index (χ1v) is 8.48. The summed E-state index contributed by atoms with van der Waals surface area (Å²) >= 11 is 0. The van der Waals surface area contributed by atoms with Crippen LogP contribution < -0.4 is 10.2 Å².